The zero-order chi connectivity index (χ0) is 22.2. The second kappa shape index (κ2) is 8.56. The van der Waals surface area contributed by atoms with Crippen molar-refractivity contribution in [2.75, 3.05) is 6.79 Å². The van der Waals surface area contributed by atoms with Gasteiger partial charge in [0, 0.05) is 24.1 Å². The Morgan fingerprint density at radius 2 is 1.58 bits per heavy atom. The maximum atomic E-state index is 13.7. The molecule has 0 radical (unpaired) electrons. The number of benzene rings is 3. The van der Waals surface area contributed by atoms with E-state index in [4.69, 9.17) is 14.2 Å². The Balaban J connectivity index is 1.30. The van der Waals surface area contributed by atoms with Crippen molar-refractivity contribution in [2.45, 2.75) is 50.5 Å². The van der Waals surface area contributed by atoms with Gasteiger partial charge in [0.25, 0.3) is 5.91 Å². The lowest BCUT2D eigenvalue weighted by atomic mass is 9.73. The quantitative estimate of drug-likeness (QED) is 0.540. The van der Waals surface area contributed by atoms with E-state index in [0.29, 0.717) is 18.9 Å². The molecule has 2 aliphatic heterocycles. The van der Waals surface area contributed by atoms with Crippen LogP contribution in [0, 0.1) is 0 Å². The van der Waals surface area contributed by atoms with Crippen LogP contribution >= 0.6 is 0 Å². The summed E-state index contributed by atoms with van der Waals surface area (Å²) in [7, 11) is 0. The lowest BCUT2D eigenvalue weighted by Gasteiger charge is -2.46. The van der Waals surface area contributed by atoms with Crippen LogP contribution in [0.1, 0.15) is 52.2 Å². The van der Waals surface area contributed by atoms with E-state index >= 15 is 0 Å². The van der Waals surface area contributed by atoms with E-state index in [0.717, 1.165) is 41.7 Å². The summed E-state index contributed by atoms with van der Waals surface area (Å²) < 4.78 is 17.6. The third kappa shape index (κ3) is 3.87. The predicted octanol–water partition coefficient (Wildman–Crippen LogP) is 5.29. The van der Waals surface area contributed by atoms with Gasteiger partial charge in [0.1, 0.15) is 0 Å². The van der Waals surface area contributed by atoms with Crippen LogP contribution in [0.3, 0.4) is 0 Å². The molecule has 3 aromatic rings. The first kappa shape index (κ1) is 20.3. The molecular formula is C28H27NO4. The van der Waals surface area contributed by atoms with E-state index in [-0.39, 0.29) is 30.8 Å². The Kier molecular flexibility index (Phi) is 5.27. The Bertz CT molecular complexity index is 1150. The number of carbonyl (C=O) groups is 1. The molecule has 5 heteroatoms. The molecule has 0 unspecified atom stereocenters. The van der Waals surface area contributed by atoms with Gasteiger partial charge in [-0.1, -0.05) is 60.7 Å². The Morgan fingerprint density at radius 1 is 0.879 bits per heavy atom. The Hall–Kier alpha value is -3.31. The van der Waals surface area contributed by atoms with Crippen molar-refractivity contribution in [3.8, 4) is 11.5 Å². The molecule has 0 saturated heterocycles. The molecule has 33 heavy (non-hydrogen) atoms. The van der Waals surface area contributed by atoms with Gasteiger partial charge in [0.15, 0.2) is 11.5 Å². The average molecular weight is 442 g/mol. The molecule has 0 N–H and O–H groups in total. The van der Waals surface area contributed by atoms with Gasteiger partial charge >= 0.3 is 0 Å². The molecule has 0 spiro atoms. The molecule has 3 aliphatic rings. The van der Waals surface area contributed by atoms with Crippen LogP contribution in [0.2, 0.25) is 0 Å². The van der Waals surface area contributed by atoms with E-state index in [9.17, 15) is 4.79 Å². The topological polar surface area (TPSA) is 48.0 Å². The highest BCUT2D eigenvalue weighted by Gasteiger charge is 2.44. The Morgan fingerprint density at radius 3 is 2.33 bits per heavy atom. The molecule has 2 heterocycles. The van der Waals surface area contributed by atoms with Crippen LogP contribution in [0.15, 0.2) is 72.8 Å². The van der Waals surface area contributed by atoms with Gasteiger partial charge in [-0.2, -0.15) is 0 Å². The van der Waals surface area contributed by atoms with Crippen LogP contribution in [-0.4, -0.2) is 29.7 Å². The molecule has 1 amide bonds. The standard InChI is InChI=1S/C28H27NO4/c30-28-24-15-27-26(32-18-33-27)14-22(24)23-13-21(31-17-20-9-5-2-6-10-20)11-12-25(23)29(28)16-19-7-3-1-4-8-19/h1-10,14-15,21,23,25H,11-13,16-18H2/t21-,23+,25-/m0/s1. The summed E-state index contributed by atoms with van der Waals surface area (Å²) in [4.78, 5) is 15.7. The zero-order valence-corrected chi connectivity index (χ0v) is 18.5. The van der Waals surface area contributed by atoms with Crippen molar-refractivity contribution in [2.24, 2.45) is 0 Å². The first-order valence-corrected chi connectivity index (χ1v) is 11.7. The lowest BCUT2D eigenvalue weighted by Crippen LogP contribution is -2.50. The molecule has 0 bridgehead atoms. The molecule has 1 saturated carbocycles. The monoisotopic (exact) mass is 441 g/mol. The highest BCUT2D eigenvalue weighted by Crippen LogP contribution is 2.47. The number of hydrogen-bond donors (Lipinski definition) is 0. The van der Waals surface area contributed by atoms with Crippen LogP contribution < -0.4 is 9.47 Å². The number of ether oxygens (including phenoxy) is 3. The van der Waals surface area contributed by atoms with Gasteiger partial charge in [-0.25, -0.2) is 0 Å². The minimum Gasteiger partial charge on any atom is -0.454 e. The molecular weight excluding hydrogens is 414 g/mol. The van der Waals surface area contributed by atoms with Gasteiger partial charge in [-0.3, -0.25) is 4.79 Å². The van der Waals surface area contributed by atoms with E-state index in [1.807, 2.05) is 48.5 Å². The summed E-state index contributed by atoms with van der Waals surface area (Å²) in [6.07, 6.45) is 2.93. The highest BCUT2D eigenvalue weighted by atomic mass is 16.7. The van der Waals surface area contributed by atoms with Gasteiger partial charge in [0.05, 0.1) is 12.7 Å². The first-order chi connectivity index (χ1) is 16.3. The average Bonchev–Trinajstić information content (AvgIpc) is 3.33. The summed E-state index contributed by atoms with van der Waals surface area (Å²) in [6, 6.07) is 24.6. The molecule has 3 aromatic carbocycles. The van der Waals surface area contributed by atoms with E-state index in [1.165, 1.54) is 5.56 Å². The molecule has 6 rings (SSSR count). The predicted molar refractivity (Wildman–Crippen MR) is 124 cm³/mol. The van der Waals surface area contributed by atoms with Crippen molar-refractivity contribution >= 4 is 5.91 Å². The minimum atomic E-state index is 0.0806. The number of amides is 1. The van der Waals surface area contributed by atoms with Crippen LogP contribution in [0.4, 0.5) is 0 Å². The number of hydrogen-bond acceptors (Lipinski definition) is 4. The molecule has 3 atom stereocenters. The van der Waals surface area contributed by atoms with Gasteiger partial charge in [-0.05, 0) is 48.1 Å². The number of nitrogens with zero attached hydrogens (tertiary/aromatic N) is 1. The van der Waals surface area contributed by atoms with Crippen LogP contribution in [0.25, 0.3) is 0 Å². The molecule has 1 aliphatic carbocycles. The maximum Gasteiger partial charge on any atom is 0.254 e. The number of carbonyl (C=O) groups excluding carboxylic acids is 1. The van der Waals surface area contributed by atoms with Crippen molar-refractivity contribution in [3.63, 3.8) is 0 Å². The van der Waals surface area contributed by atoms with Crippen LogP contribution in [-0.2, 0) is 17.9 Å². The molecule has 0 aromatic heterocycles. The van der Waals surface area contributed by atoms with Crippen molar-refractivity contribution in [3.05, 3.63) is 95.1 Å². The van der Waals surface area contributed by atoms with Crippen molar-refractivity contribution in [1.82, 2.24) is 4.90 Å². The SMILES string of the molecule is O=C1c2cc3c(cc2[C@H]2C[C@@H](OCc4ccccc4)CC[C@@H]2N1Cc1ccccc1)OCO3. The summed E-state index contributed by atoms with van der Waals surface area (Å²) >= 11 is 0. The highest BCUT2D eigenvalue weighted by molar-refractivity contribution is 5.98. The van der Waals surface area contributed by atoms with Gasteiger partial charge < -0.3 is 19.1 Å². The van der Waals surface area contributed by atoms with Crippen LogP contribution in [0.5, 0.6) is 11.5 Å². The van der Waals surface area contributed by atoms with Gasteiger partial charge in [-0.15, -0.1) is 0 Å². The summed E-state index contributed by atoms with van der Waals surface area (Å²) in [5.74, 6) is 1.69. The van der Waals surface area contributed by atoms with E-state index in [2.05, 4.69) is 29.2 Å². The zero-order valence-electron chi connectivity index (χ0n) is 18.5. The maximum absolute atomic E-state index is 13.7. The minimum absolute atomic E-state index is 0.0806. The first-order valence-electron chi connectivity index (χ1n) is 11.7. The smallest absolute Gasteiger partial charge is 0.254 e. The van der Waals surface area contributed by atoms with Gasteiger partial charge in [0.2, 0.25) is 6.79 Å². The summed E-state index contributed by atoms with van der Waals surface area (Å²) in [5, 5.41) is 0. The third-order valence-electron chi connectivity index (χ3n) is 7.13. The summed E-state index contributed by atoms with van der Waals surface area (Å²) in [5.41, 5.74) is 4.15. The third-order valence-corrected chi connectivity index (χ3v) is 7.13. The second-order valence-electron chi connectivity index (χ2n) is 9.12. The van der Waals surface area contributed by atoms with E-state index < -0.39 is 0 Å². The molecule has 168 valence electrons. The fourth-order valence-electron chi connectivity index (χ4n) is 5.49. The normalized spacial score (nSPS) is 23.2. The van der Waals surface area contributed by atoms with Crippen molar-refractivity contribution in [1.29, 1.82) is 0 Å². The lowest BCUT2D eigenvalue weighted by molar-refractivity contribution is -0.0134. The van der Waals surface area contributed by atoms with E-state index in [1.54, 1.807) is 0 Å². The van der Waals surface area contributed by atoms with Crippen molar-refractivity contribution < 1.29 is 19.0 Å². The number of rotatable bonds is 5. The number of fused-ring (bicyclic) bond motifs is 4. The summed E-state index contributed by atoms with van der Waals surface area (Å²) in [6.45, 7) is 1.44. The Labute approximate surface area is 193 Å². The second-order valence-corrected chi connectivity index (χ2v) is 9.12. The molecule has 5 nitrogen and oxygen atoms in total. The molecule has 1 fully saturated rings. The fourth-order valence-corrected chi connectivity index (χ4v) is 5.49. The largest absolute Gasteiger partial charge is 0.454 e. The fraction of sp³-hybridized carbons (Fsp3) is 0.321.